The highest BCUT2D eigenvalue weighted by atomic mass is 16.1. The summed E-state index contributed by atoms with van der Waals surface area (Å²) in [7, 11) is 0. The van der Waals surface area contributed by atoms with Gasteiger partial charge in [-0.15, -0.1) is 0 Å². The smallest absolute Gasteiger partial charge is 0.237 e. The van der Waals surface area contributed by atoms with Crippen molar-refractivity contribution in [3.05, 3.63) is 0 Å². The van der Waals surface area contributed by atoms with Gasteiger partial charge in [-0.05, 0) is 25.2 Å². The van der Waals surface area contributed by atoms with E-state index in [0.29, 0.717) is 5.92 Å². The van der Waals surface area contributed by atoms with Crippen molar-refractivity contribution in [1.29, 1.82) is 5.26 Å². The highest BCUT2D eigenvalue weighted by Gasteiger charge is 2.23. The summed E-state index contributed by atoms with van der Waals surface area (Å²) in [5.41, 5.74) is 0. The first-order valence-corrected chi connectivity index (χ1v) is 6.12. The molecule has 1 N–H and O–H groups in total. The molecule has 92 valence electrons. The number of rotatable bonds is 6. The molecule has 3 atom stereocenters. The Morgan fingerprint density at radius 1 is 1.31 bits per heavy atom. The van der Waals surface area contributed by atoms with Gasteiger partial charge < -0.3 is 5.32 Å². The van der Waals surface area contributed by atoms with Crippen molar-refractivity contribution in [3.63, 3.8) is 0 Å². The molecule has 0 aromatic rings. The third-order valence-corrected chi connectivity index (χ3v) is 2.93. The monoisotopic (exact) mass is 224 g/mol. The van der Waals surface area contributed by atoms with Crippen molar-refractivity contribution in [3.8, 4) is 6.07 Å². The predicted octanol–water partition coefficient (Wildman–Crippen LogP) is 2.72. The average Bonchev–Trinajstić information content (AvgIpc) is 2.17. The van der Waals surface area contributed by atoms with Gasteiger partial charge in [0.05, 0.1) is 6.07 Å². The second-order valence-electron chi connectivity index (χ2n) is 5.01. The Hall–Kier alpha value is -1.04. The first kappa shape index (κ1) is 15.0. The Balaban J connectivity index is 4.18. The molecule has 0 bridgehead atoms. The summed E-state index contributed by atoms with van der Waals surface area (Å²) >= 11 is 0. The molecular formula is C13H24N2O. The van der Waals surface area contributed by atoms with Crippen LogP contribution in [-0.4, -0.2) is 11.9 Å². The zero-order valence-corrected chi connectivity index (χ0v) is 11.1. The van der Waals surface area contributed by atoms with Crippen LogP contribution in [0.1, 0.15) is 47.5 Å². The van der Waals surface area contributed by atoms with Crippen LogP contribution in [0.5, 0.6) is 0 Å². The molecule has 1 amide bonds. The molecular weight excluding hydrogens is 200 g/mol. The van der Waals surface area contributed by atoms with E-state index >= 15 is 0 Å². The molecule has 0 spiro atoms. The Kier molecular flexibility index (Phi) is 6.80. The number of nitrogens with one attached hydrogen (secondary N) is 1. The Morgan fingerprint density at radius 3 is 2.25 bits per heavy atom. The first-order chi connectivity index (χ1) is 7.42. The van der Waals surface area contributed by atoms with E-state index in [1.54, 1.807) is 0 Å². The highest BCUT2D eigenvalue weighted by Crippen LogP contribution is 2.13. The maximum absolute atomic E-state index is 11.8. The molecule has 0 rings (SSSR count). The van der Waals surface area contributed by atoms with E-state index in [0.717, 1.165) is 12.8 Å². The van der Waals surface area contributed by atoms with E-state index in [4.69, 9.17) is 5.26 Å². The van der Waals surface area contributed by atoms with Crippen molar-refractivity contribution >= 4 is 5.91 Å². The predicted molar refractivity (Wildman–Crippen MR) is 65.6 cm³/mol. The Bertz CT molecular complexity index is 255. The second kappa shape index (κ2) is 7.27. The minimum absolute atomic E-state index is 0.0702. The first-order valence-electron chi connectivity index (χ1n) is 6.12. The number of amides is 1. The number of nitriles is 1. The molecule has 0 aliphatic heterocycles. The molecule has 0 heterocycles. The fourth-order valence-electron chi connectivity index (χ4n) is 1.67. The summed E-state index contributed by atoms with van der Waals surface area (Å²) in [6.45, 7) is 10.1. The van der Waals surface area contributed by atoms with Gasteiger partial charge in [-0.25, -0.2) is 0 Å². The minimum atomic E-state index is -0.528. The molecule has 0 aromatic carbocycles. The number of hydrogen-bond acceptors (Lipinski definition) is 2. The van der Waals surface area contributed by atoms with Crippen LogP contribution in [0.25, 0.3) is 0 Å². The molecule has 3 nitrogen and oxygen atoms in total. The summed E-state index contributed by atoms with van der Waals surface area (Å²) < 4.78 is 0. The van der Waals surface area contributed by atoms with Crippen LogP contribution in [0.3, 0.4) is 0 Å². The van der Waals surface area contributed by atoms with Crippen LogP contribution in [0.4, 0.5) is 0 Å². The maximum atomic E-state index is 11.8. The lowest BCUT2D eigenvalue weighted by molar-refractivity contribution is -0.125. The summed E-state index contributed by atoms with van der Waals surface area (Å²) in [6, 6.07) is 2.21. The zero-order chi connectivity index (χ0) is 12.7. The molecule has 0 fully saturated rings. The van der Waals surface area contributed by atoms with E-state index in [-0.39, 0.29) is 17.9 Å². The highest BCUT2D eigenvalue weighted by molar-refractivity contribution is 5.81. The van der Waals surface area contributed by atoms with E-state index in [2.05, 4.69) is 25.2 Å². The van der Waals surface area contributed by atoms with Crippen molar-refractivity contribution < 1.29 is 4.79 Å². The maximum Gasteiger partial charge on any atom is 0.237 e. The lowest BCUT2D eigenvalue weighted by Crippen LogP contribution is -2.39. The minimum Gasteiger partial charge on any atom is -0.352 e. The largest absolute Gasteiger partial charge is 0.352 e. The molecule has 0 saturated carbocycles. The zero-order valence-electron chi connectivity index (χ0n) is 11.1. The van der Waals surface area contributed by atoms with Crippen LogP contribution >= 0.6 is 0 Å². The molecule has 3 unspecified atom stereocenters. The van der Waals surface area contributed by atoms with Gasteiger partial charge in [-0.1, -0.05) is 34.1 Å². The summed E-state index contributed by atoms with van der Waals surface area (Å²) in [5.74, 6) is 0.0170. The van der Waals surface area contributed by atoms with Gasteiger partial charge in [0.15, 0.2) is 0 Å². The average molecular weight is 224 g/mol. The van der Waals surface area contributed by atoms with Crippen LogP contribution in [0, 0.1) is 29.1 Å². The van der Waals surface area contributed by atoms with Gasteiger partial charge in [-0.3, -0.25) is 4.79 Å². The molecule has 0 radical (unpaired) electrons. The van der Waals surface area contributed by atoms with E-state index in [1.165, 1.54) is 0 Å². The number of hydrogen-bond donors (Lipinski definition) is 1. The van der Waals surface area contributed by atoms with Gasteiger partial charge in [0.1, 0.15) is 5.92 Å². The fourth-order valence-corrected chi connectivity index (χ4v) is 1.67. The number of carbonyl (C=O) groups excluding carboxylic acids is 1. The van der Waals surface area contributed by atoms with Gasteiger partial charge in [-0.2, -0.15) is 5.26 Å². The van der Waals surface area contributed by atoms with Gasteiger partial charge in [0, 0.05) is 6.04 Å². The summed E-state index contributed by atoms with van der Waals surface area (Å²) in [6.07, 6.45) is 2.09. The lowest BCUT2D eigenvalue weighted by atomic mass is 9.95. The normalized spacial score (nSPS) is 16.3. The lowest BCUT2D eigenvalue weighted by Gasteiger charge is -2.20. The molecule has 0 aromatic heterocycles. The third-order valence-electron chi connectivity index (χ3n) is 2.93. The van der Waals surface area contributed by atoms with Gasteiger partial charge in [0.25, 0.3) is 0 Å². The molecule has 0 aliphatic carbocycles. The van der Waals surface area contributed by atoms with Gasteiger partial charge >= 0.3 is 0 Å². The van der Waals surface area contributed by atoms with E-state index in [1.807, 2.05) is 20.8 Å². The Labute approximate surface area is 99.2 Å². The van der Waals surface area contributed by atoms with Crippen LogP contribution in [0.2, 0.25) is 0 Å². The quantitative estimate of drug-likeness (QED) is 0.754. The van der Waals surface area contributed by atoms with E-state index < -0.39 is 5.92 Å². The number of carbonyl (C=O) groups is 1. The fraction of sp³-hybridized carbons (Fsp3) is 0.846. The number of nitrogens with zero attached hydrogens (tertiary/aromatic N) is 1. The van der Waals surface area contributed by atoms with Crippen molar-refractivity contribution in [2.75, 3.05) is 0 Å². The van der Waals surface area contributed by atoms with Crippen LogP contribution in [0.15, 0.2) is 0 Å². The second-order valence-corrected chi connectivity index (χ2v) is 5.01. The molecule has 3 heteroatoms. The summed E-state index contributed by atoms with van der Waals surface area (Å²) in [5, 5.41) is 11.8. The molecule has 0 aliphatic rings. The van der Waals surface area contributed by atoms with Crippen molar-refractivity contribution in [2.24, 2.45) is 17.8 Å². The molecule has 0 saturated heterocycles. The summed E-state index contributed by atoms with van der Waals surface area (Å²) in [4.78, 5) is 11.8. The SMILES string of the molecule is CCC(C)CC(C)NC(=O)C(C#N)C(C)C. The van der Waals surface area contributed by atoms with Gasteiger partial charge in [0.2, 0.25) is 5.91 Å². The third kappa shape index (κ3) is 5.16. The van der Waals surface area contributed by atoms with Crippen LogP contribution in [-0.2, 0) is 4.79 Å². The van der Waals surface area contributed by atoms with Crippen molar-refractivity contribution in [1.82, 2.24) is 5.32 Å². The molecule has 16 heavy (non-hydrogen) atoms. The van der Waals surface area contributed by atoms with E-state index in [9.17, 15) is 4.79 Å². The van der Waals surface area contributed by atoms with Crippen molar-refractivity contribution in [2.45, 2.75) is 53.5 Å². The van der Waals surface area contributed by atoms with Crippen LogP contribution < -0.4 is 5.32 Å². The topological polar surface area (TPSA) is 52.9 Å². The Morgan fingerprint density at radius 2 is 1.88 bits per heavy atom. The standard InChI is InChI=1S/C13H24N2O/c1-6-10(4)7-11(5)15-13(16)12(8-14)9(2)3/h9-12H,6-7H2,1-5H3,(H,15,16).